The molecule has 0 spiro atoms. The highest BCUT2D eigenvalue weighted by Crippen LogP contribution is 2.11. The molecule has 0 bridgehead atoms. The molecule has 7 nitrogen and oxygen atoms in total. The van der Waals surface area contributed by atoms with Crippen LogP contribution >= 0.6 is 0 Å². The zero-order valence-corrected chi connectivity index (χ0v) is 11.6. The van der Waals surface area contributed by atoms with Crippen LogP contribution in [0.25, 0.3) is 0 Å². The van der Waals surface area contributed by atoms with E-state index in [-0.39, 0.29) is 0 Å². The third-order valence-electron chi connectivity index (χ3n) is 2.55. The summed E-state index contributed by atoms with van der Waals surface area (Å²) in [6.45, 7) is 5.34. The van der Waals surface area contributed by atoms with Crippen molar-refractivity contribution in [1.29, 1.82) is 0 Å². The number of aliphatic hydroxyl groups is 1. The fourth-order valence-corrected chi connectivity index (χ4v) is 1.41. The second-order valence-electron chi connectivity index (χ2n) is 4.05. The molecule has 0 amide bonds. The predicted molar refractivity (Wildman–Crippen MR) is 68.8 cm³/mol. The van der Waals surface area contributed by atoms with Crippen molar-refractivity contribution in [2.75, 3.05) is 40.1 Å². The summed E-state index contributed by atoms with van der Waals surface area (Å²) >= 11 is 0. The van der Waals surface area contributed by atoms with Gasteiger partial charge in [-0.25, -0.2) is 4.68 Å². The average molecular weight is 273 g/mol. The van der Waals surface area contributed by atoms with Gasteiger partial charge in [-0.3, -0.25) is 0 Å². The topological polar surface area (TPSA) is 78.6 Å². The van der Waals surface area contributed by atoms with Crippen molar-refractivity contribution in [3.8, 4) is 0 Å². The molecule has 1 unspecified atom stereocenters. The van der Waals surface area contributed by atoms with E-state index in [1.807, 2.05) is 6.92 Å². The van der Waals surface area contributed by atoms with Crippen molar-refractivity contribution in [1.82, 2.24) is 15.0 Å². The number of hydrogen-bond acceptors (Lipinski definition) is 6. The number of hydrogen-bond donors (Lipinski definition) is 1. The lowest BCUT2D eigenvalue weighted by atomic mass is 10.2. The van der Waals surface area contributed by atoms with Crippen LogP contribution < -0.4 is 0 Å². The van der Waals surface area contributed by atoms with Gasteiger partial charge in [0.2, 0.25) is 0 Å². The lowest BCUT2D eigenvalue weighted by Crippen LogP contribution is -2.12. The monoisotopic (exact) mass is 273 g/mol. The summed E-state index contributed by atoms with van der Waals surface area (Å²) in [6, 6.07) is 0. The lowest BCUT2D eigenvalue weighted by molar-refractivity contribution is 0.0224. The SMILES string of the molecule is CCC(O)c1cn(CCOCCOCCOC)nn1. The Morgan fingerprint density at radius 1 is 1.21 bits per heavy atom. The molecule has 0 aliphatic carbocycles. The van der Waals surface area contributed by atoms with Crippen LogP contribution in [0.15, 0.2) is 6.20 Å². The summed E-state index contributed by atoms with van der Waals surface area (Å²) in [5.74, 6) is 0. The van der Waals surface area contributed by atoms with Crippen LogP contribution in [-0.2, 0) is 20.8 Å². The summed E-state index contributed by atoms with van der Waals surface area (Å²) in [5, 5.41) is 17.4. The minimum Gasteiger partial charge on any atom is -0.387 e. The largest absolute Gasteiger partial charge is 0.387 e. The van der Waals surface area contributed by atoms with E-state index in [4.69, 9.17) is 14.2 Å². The van der Waals surface area contributed by atoms with Crippen molar-refractivity contribution in [2.45, 2.75) is 26.0 Å². The van der Waals surface area contributed by atoms with E-state index < -0.39 is 6.10 Å². The first-order valence-electron chi connectivity index (χ1n) is 6.50. The van der Waals surface area contributed by atoms with Crippen LogP contribution in [0.1, 0.15) is 25.1 Å². The molecule has 1 atom stereocenters. The van der Waals surface area contributed by atoms with Gasteiger partial charge in [0.25, 0.3) is 0 Å². The Morgan fingerprint density at radius 2 is 1.89 bits per heavy atom. The van der Waals surface area contributed by atoms with Gasteiger partial charge in [-0.05, 0) is 6.42 Å². The molecular weight excluding hydrogens is 250 g/mol. The Bertz CT molecular complexity index is 333. The Morgan fingerprint density at radius 3 is 2.58 bits per heavy atom. The maximum Gasteiger partial charge on any atom is 0.111 e. The molecular formula is C12H23N3O4. The Labute approximate surface area is 113 Å². The van der Waals surface area contributed by atoms with Gasteiger partial charge in [-0.15, -0.1) is 5.10 Å². The van der Waals surface area contributed by atoms with Gasteiger partial charge in [0, 0.05) is 7.11 Å². The zero-order valence-electron chi connectivity index (χ0n) is 11.6. The van der Waals surface area contributed by atoms with E-state index in [2.05, 4.69) is 10.3 Å². The van der Waals surface area contributed by atoms with Gasteiger partial charge in [0.1, 0.15) is 5.69 Å². The van der Waals surface area contributed by atoms with Crippen molar-refractivity contribution >= 4 is 0 Å². The fraction of sp³-hybridized carbons (Fsp3) is 0.833. The molecule has 1 rings (SSSR count). The molecule has 110 valence electrons. The number of aliphatic hydroxyl groups excluding tert-OH is 1. The first kappa shape index (κ1) is 16.0. The summed E-state index contributed by atoms with van der Waals surface area (Å²) in [7, 11) is 1.64. The summed E-state index contributed by atoms with van der Waals surface area (Å²) in [5.41, 5.74) is 0.602. The molecule has 1 aromatic heterocycles. The number of methoxy groups -OCH3 is 1. The number of ether oxygens (including phenoxy) is 3. The first-order chi connectivity index (χ1) is 9.27. The molecule has 0 aliphatic heterocycles. The maximum atomic E-state index is 9.58. The Kier molecular flexibility index (Phi) is 8.31. The highest BCUT2D eigenvalue weighted by Gasteiger charge is 2.09. The summed E-state index contributed by atoms with van der Waals surface area (Å²) in [4.78, 5) is 0. The quantitative estimate of drug-likeness (QED) is 0.588. The summed E-state index contributed by atoms with van der Waals surface area (Å²) in [6.07, 6.45) is 1.84. The third kappa shape index (κ3) is 6.63. The normalized spacial score (nSPS) is 12.8. The predicted octanol–water partition coefficient (Wildman–Crippen LogP) is 0.401. The van der Waals surface area contributed by atoms with Crippen LogP contribution in [-0.4, -0.2) is 60.2 Å². The second kappa shape index (κ2) is 9.85. The van der Waals surface area contributed by atoms with E-state index in [0.717, 1.165) is 0 Å². The van der Waals surface area contributed by atoms with Crippen LogP contribution in [0, 0.1) is 0 Å². The van der Waals surface area contributed by atoms with Crippen LogP contribution in [0.4, 0.5) is 0 Å². The van der Waals surface area contributed by atoms with Crippen molar-refractivity contribution < 1.29 is 19.3 Å². The van der Waals surface area contributed by atoms with Crippen molar-refractivity contribution in [3.63, 3.8) is 0 Å². The average Bonchev–Trinajstić information content (AvgIpc) is 2.89. The maximum absolute atomic E-state index is 9.58. The molecule has 0 saturated carbocycles. The Hall–Kier alpha value is -1.02. The molecule has 1 aromatic rings. The van der Waals surface area contributed by atoms with Gasteiger partial charge < -0.3 is 19.3 Å². The lowest BCUT2D eigenvalue weighted by Gasteiger charge is -2.05. The van der Waals surface area contributed by atoms with E-state index >= 15 is 0 Å². The molecule has 0 saturated heterocycles. The Balaban J connectivity index is 2.04. The van der Waals surface area contributed by atoms with Gasteiger partial charge in [-0.1, -0.05) is 12.1 Å². The van der Waals surface area contributed by atoms with Crippen molar-refractivity contribution in [2.24, 2.45) is 0 Å². The smallest absolute Gasteiger partial charge is 0.111 e. The standard InChI is InChI=1S/C12H23N3O4/c1-3-12(16)11-10-15(14-13-11)4-5-18-8-9-19-7-6-17-2/h10,12,16H,3-9H2,1-2H3. The molecule has 1 N–H and O–H groups in total. The third-order valence-corrected chi connectivity index (χ3v) is 2.55. The minimum absolute atomic E-state index is 0.538. The summed E-state index contributed by atoms with van der Waals surface area (Å²) < 4.78 is 17.2. The fourth-order valence-electron chi connectivity index (χ4n) is 1.41. The van der Waals surface area contributed by atoms with Crippen LogP contribution in [0.5, 0.6) is 0 Å². The second-order valence-corrected chi connectivity index (χ2v) is 4.05. The highest BCUT2D eigenvalue weighted by molar-refractivity contribution is 4.96. The number of aromatic nitrogens is 3. The van der Waals surface area contributed by atoms with E-state index in [0.29, 0.717) is 51.7 Å². The van der Waals surface area contributed by atoms with Gasteiger partial charge >= 0.3 is 0 Å². The molecule has 0 fully saturated rings. The van der Waals surface area contributed by atoms with E-state index in [1.54, 1.807) is 18.0 Å². The molecule has 0 aliphatic rings. The minimum atomic E-state index is -0.538. The van der Waals surface area contributed by atoms with Gasteiger partial charge in [-0.2, -0.15) is 0 Å². The molecule has 19 heavy (non-hydrogen) atoms. The highest BCUT2D eigenvalue weighted by atomic mass is 16.5. The first-order valence-corrected chi connectivity index (χ1v) is 6.50. The van der Waals surface area contributed by atoms with E-state index in [1.165, 1.54) is 0 Å². The molecule has 0 aromatic carbocycles. The van der Waals surface area contributed by atoms with E-state index in [9.17, 15) is 5.11 Å². The van der Waals surface area contributed by atoms with Gasteiger partial charge in [0.05, 0.1) is 51.9 Å². The van der Waals surface area contributed by atoms with Crippen LogP contribution in [0.3, 0.4) is 0 Å². The van der Waals surface area contributed by atoms with Gasteiger partial charge in [0.15, 0.2) is 0 Å². The van der Waals surface area contributed by atoms with Crippen molar-refractivity contribution in [3.05, 3.63) is 11.9 Å². The molecule has 0 radical (unpaired) electrons. The number of nitrogens with zero attached hydrogens (tertiary/aromatic N) is 3. The number of rotatable bonds is 11. The zero-order chi connectivity index (χ0) is 13.9. The molecule has 1 heterocycles. The van der Waals surface area contributed by atoms with Crippen LogP contribution in [0.2, 0.25) is 0 Å². The molecule has 7 heteroatoms.